The van der Waals surface area contributed by atoms with Crippen molar-refractivity contribution in [3.05, 3.63) is 68.0 Å². The second-order valence-electron chi connectivity index (χ2n) is 5.11. The second kappa shape index (κ2) is 8.07. The summed E-state index contributed by atoms with van der Waals surface area (Å²) in [6, 6.07) is 14.4. The molecule has 26 heavy (non-hydrogen) atoms. The molecule has 0 spiro atoms. The molecule has 0 saturated heterocycles. The van der Waals surface area contributed by atoms with Crippen LogP contribution in [0.3, 0.4) is 0 Å². The Morgan fingerprint density at radius 3 is 2.85 bits per heavy atom. The number of amides is 1. The van der Waals surface area contributed by atoms with Gasteiger partial charge in [-0.2, -0.15) is 5.10 Å². The molecule has 3 rings (SSSR count). The van der Waals surface area contributed by atoms with Gasteiger partial charge in [0.25, 0.3) is 5.91 Å². The minimum Gasteiger partial charge on any atom is -0.483 e. The maximum Gasteiger partial charge on any atom is 0.324 e. The number of thiophene rings is 1. The summed E-state index contributed by atoms with van der Waals surface area (Å²) in [6.07, 6.45) is 1.35. The SMILES string of the molecule is O=C(COc1ccc2ccccc2c1Br)NN=Cc1ccc([N+](=O)[O-])s1. The third-order valence-electron chi connectivity index (χ3n) is 3.36. The number of hydrogen-bond acceptors (Lipinski definition) is 6. The number of hydrazone groups is 1. The average Bonchev–Trinajstić information content (AvgIpc) is 3.11. The molecule has 0 fully saturated rings. The Hall–Kier alpha value is -2.78. The minimum absolute atomic E-state index is 0.0160. The predicted octanol–water partition coefficient (Wildman–Crippen LogP) is 4.10. The third-order valence-corrected chi connectivity index (χ3v) is 5.15. The number of carbonyl (C=O) groups excluding carboxylic acids is 1. The van der Waals surface area contributed by atoms with Gasteiger partial charge in [-0.15, -0.1) is 0 Å². The quantitative estimate of drug-likeness (QED) is 0.359. The number of nitrogens with zero attached hydrogens (tertiary/aromatic N) is 2. The van der Waals surface area contributed by atoms with E-state index >= 15 is 0 Å². The van der Waals surface area contributed by atoms with E-state index in [4.69, 9.17) is 4.74 Å². The highest BCUT2D eigenvalue weighted by Gasteiger charge is 2.09. The highest BCUT2D eigenvalue weighted by atomic mass is 79.9. The Morgan fingerprint density at radius 2 is 2.08 bits per heavy atom. The molecule has 1 aromatic heterocycles. The van der Waals surface area contributed by atoms with Gasteiger partial charge >= 0.3 is 5.00 Å². The van der Waals surface area contributed by atoms with Gasteiger partial charge in [-0.05, 0) is 38.8 Å². The monoisotopic (exact) mass is 433 g/mol. The molecule has 9 heteroatoms. The molecule has 132 valence electrons. The molecular weight excluding hydrogens is 422 g/mol. The molecule has 0 aliphatic heterocycles. The van der Waals surface area contributed by atoms with Crippen molar-refractivity contribution >= 4 is 55.2 Å². The van der Waals surface area contributed by atoms with Gasteiger partial charge in [0.2, 0.25) is 0 Å². The fourth-order valence-corrected chi connectivity index (χ4v) is 3.48. The number of rotatable bonds is 6. The summed E-state index contributed by atoms with van der Waals surface area (Å²) in [5.41, 5.74) is 2.32. The number of halogens is 1. The summed E-state index contributed by atoms with van der Waals surface area (Å²) in [5.74, 6) is 0.115. The first-order valence-corrected chi connectivity index (χ1v) is 9.02. The van der Waals surface area contributed by atoms with Crippen molar-refractivity contribution in [2.75, 3.05) is 6.61 Å². The van der Waals surface area contributed by atoms with E-state index in [9.17, 15) is 14.9 Å². The van der Waals surface area contributed by atoms with Gasteiger partial charge in [0.05, 0.1) is 20.5 Å². The number of nitro groups is 1. The van der Waals surface area contributed by atoms with Crippen LogP contribution in [0.25, 0.3) is 10.8 Å². The van der Waals surface area contributed by atoms with E-state index < -0.39 is 10.8 Å². The van der Waals surface area contributed by atoms with Crippen molar-refractivity contribution in [2.45, 2.75) is 0 Å². The van der Waals surface area contributed by atoms with Crippen LogP contribution in [0.1, 0.15) is 4.88 Å². The van der Waals surface area contributed by atoms with Crippen molar-refractivity contribution in [3.63, 3.8) is 0 Å². The Kier molecular flexibility index (Phi) is 5.59. The van der Waals surface area contributed by atoms with Crippen LogP contribution in [0.2, 0.25) is 0 Å². The maximum atomic E-state index is 11.8. The molecule has 0 aliphatic carbocycles. The fourth-order valence-electron chi connectivity index (χ4n) is 2.18. The highest BCUT2D eigenvalue weighted by molar-refractivity contribution is 9.10. The average molecular weight is 434 g/mol. The van der Waals surface area contributed by atoms with Crippen molar-refractivity contribution in [1.82, 2.24) is 5.43 Å². The molecule has 0 aliphatic rings. The molecule has 1 amide bonds. The second-order valence-corrected chi connectivity index (χ2v) is 7.00. The van der Waals surface area contributed by atoms with Crippen LogP contribution in [0.4, 0.5) is 5.00 Å². The van der Waals surface area contributed by atoms with Gasteiger partial charge in [0.15, 0.2) is 6.61 Å². The lowest BCUT2D eigenvalue weighted by atomic mass is 10.1. The van der Waals surface area contributed by atoms with E-state index in [-0.39, 0.29) is 11.6 Å². The Balaban J connectivity index is 1.56. The standard InChI is InChI=1S/C17H12BrN3O4S/c18-17-13-4-2-1-3-11(13)5-7-14(17)25-10-15(22)20-19-9-12-6-8-16(26-12)21(23)24/h1-9H,10H2,(H,20,22). The van der Waals surface area contributed by atoms with Crippen LogP contribution in [0.5, 0.6) is 5.75 Å². The van der Waals surface area contributed by atoms with Crippen molar-refractivity contribution in [1.29, 1.82) is 0 Å². The summed E-state index contributed by atoms with van der Waals surface area (Å²) in [7, 11) is 0. The number of carbonyl (C=O) groups is 1. The summed E-state index contributed by atoms with van der Waals surface area (Å²) in [5, 5.41) is 16.4. The molecule has 2 aromatic carbocycles. The molecule has 1 heterocycles. The Morgan fingerprint density at radius 1 is 1.27 bits per heavy atom. The normalized spacial score (nSPS) is 11.0. The topological polar surface area (TPSA) is 93.8 Å². The Bertz CT molecular complexity index is 1000. The molecule has 1 N–H and O–H groups in total. The van der Waals surface area contributed by atoms with Crippen LogP contribution in [-0.2, 0) is 4.79 Å². The first-order chi connectivity index (χ1) is 12.5. The van der Waals surface area contributed by atoms with Crippen LogP contribution in [-0.4, -0.2) is 23.7 Å². The van der Waals surface area contributed by atoms with E-state index in [0.29, 0.717) is 10.6 Å². The van der Waals surface area contributed by atoms with Crippen LogP contribution in [0.15, 0.2) is 58.1 Å². The molecule has 0 unspecified atom stereocenters. The van der Waals surface area contributed by atoms with E-state index in [1.165, 1.54) is 12.3 Å². The fraction of sp³-hybridized carbons (Fsp3) is 0.0588. The summed E-state index contributed by atoms with van der Waals surface area (Å²) in [4.78, 5) is 22.5. The van der Waals surface area contributed by atoms with Gasteiger partial charge in [0.1, 0.15) is 5.75 Å². The Labute approximate surface area is 160 Å². The minimum atomic E-state index is -0.476. The molecule has 7 nitrogen and oxygen atoms in total. The summed E-state index contributed by atoms with van der Waals surface area (Å²) in [6.45, 7) is -0.209. The van der Waals surface area contributed by atoms with Gasteiger partial charge < -0.3 is 4.74 Å². The largest absolute Gasteiger partial charge is 0.483 e. The van der Waals surface area contributed by atoms with Crippen molar-refractivity contribution in [2.24, 2.45) is 5.10 Å². The summed E-state index contributed by atoms with van der Waals surface area (Å²) < 4.78 is 6.30. The number of fused-ring (bicyclic) bond motifs is 1. The van der Waals surface area contributed by atoms with E-state index in [0.717, 1.165) is 26.6 Å². The first-order valence-electron chi connectivity index (χ1n) is 7.41. The van der Waals surface area contributed by atoms with Gasteiger partial charge in [-0.25, -0.2) is 5.43 Å². The zero-order valence-electron chi connectivity index (χ0n) is 13.2. The van der Waals surface area contributed by atoms with Gasteiger partial charge in [-0.1, -0.05) is 41.7 Å². The van der Waals surface area contributed by atoms with Crippen molar-refractivity contribution in [3.8, 4) is 5.75 Å². The predicted molar refractivity (Wildman–Crippen MR) is 104 cm³/mol. The smallest absolute Gasteiger partial charge is 0.324 e. The molecule has 3 aromatic rings. The lowest BCUT2D eigenvalue weighted by molar-refractivity contribution is -0.380. The zero-order chi connectivity index (χ0) is 18.5. The first kappa shape index (κ1) is 18.0. The highest BCUT2D eigenvalue weighted by Crippen LogP contribution is 2.32. The van der Waals surface area contributed by atoms with Gasteiger partial charge in [0, 0.05) is 6.07 Å². The van der Waals surface area contributed by atoms with Crippen LogP contribution >= 0.6 is 27.3 Å². The van der Waals surface area contributed by atoms with E-state index in [1.54, 1.807) is 12.1 Å². The van der Waals surface area contributed by atoms with Crippen molar-refractivity contribution < 1.29 is 14.5 Å². The maximum absolute atomic E-state index is 11.8. The molecule has 0 bridgehead atoms. The third kappa shape index (κ3) is 4.24. The number of benzene rings is 2. The molecular formula is C17H12BrN3O4S. The van der Waals surface area contributed by atoms with Crippen LogP contribution in [0, 0.1) is 10.1 Å². The zero-order valence-corrected chi connectivity index (χ0v) is 15.6. The molecule has 0 atom stereocenters. The van der Waals surface area contributed by atoms with E-state index in [2.05, 4.69) is 26.5 Å². The van der Waals surface area contributed by atoms with Crippen LogP contribution < -0.4 is 10.2 Å². The van der Waals surface area contributed by atoms with Gasteiger partial charge in [-0.3, -0.25) is 14.9 Å². The number of hydrogen-bond donors (Lipinski definition) is 1. The number of ether oxygens (including phenoxy) is 1. The number of nitrogens with one attached hydrogen (secondary N) is 1. The lowest BCUT2D eigenvalue weighted by Crippen LogP contribution is -2.24. The lowest BCUT2D eigenvalue weighted by Gasteiger charge is -2.09. The molecule has 0 saturated carbocycles. The molecule has 0 radical (unpaired) electrons. The summed E-state index contributed by atoms with van der Waals surface area (Å²) >= 11 is 4.46. The van der Waals surface area contributed by atoms with E-state index in [1.807, 2.05) is 30.3 Å².